The second kappa shape index (κ2) is 9.83. The molecule has 3 aromatic carbocycles. The Balaban J connectivity index is 1.24. The van der Waals surface area contributed by atoms with Crippen LogP contribution in [0.25, 0.3) is 33.1 Å². The topological polar surface area (TPSA) is 64.3 Å². The van der Waals surface area contributed by atoms with E-state index in [1.807, 2.05) is 66.2 Å². The van der Waals surface area contributed by atoms with Crippen molar-refractivity contribution in [3.8, 4) is 17.0 Å². The van der Waals surface area contributed by atoms with E-state index < -0.39 is 0 Å². The van der Waals surface area contributed by atoms with Gasteiger partial charge in [0, 0.05) is 33.8 Å². The highest BCUT2D eigenvalue weighted by molar-refractivity contribution is 7.14. The predicted octanol–water partition coefficient (Wildman–Crippen LogP) is 6.96. The van der Waals surface area contributed by atoms with Gasteiger partial charge in [-0.15, -0.1) is 11.3 Å². The van der Waals surface area contributed by atoms with Gasteiger partial charge in [-0.2, -0.15) is 5.10 Å². The van der Waals surface area contributed by atoms with Gasteiger partial charge in [-0.25, -0.2) is 9.37 Å². The molecule has 6 aromatic rings. The van der Waals surface area contributed by atoms with Gasteiger partial charge >= 0.3 is 0 Å². The largest absolute Gasteiger partial charge is 0.497 e. The standard InChI is InChI=1S/C29H22FN5OS/c1-36-23-12-8-20(9-13-23)26-18-37-29(33-26)34-32-15-22-14-25-24-4-2-3-5-27(24)35(28(25)16-31-22)17-19-6-10-21(30)11-7-19/h2-16,18H,17H2,1H3,(H,33,34)/b32-15+. The molecule has 0 atom stereocenters. The van der Waals surface area contributed by atoms with E-state index >= 15 is 0 Å². The van der Waals surface area contributed by atoms with E-state index in [-0.39, 0.29) is 5.82 Å². The summed E-state index contributed by atoms with van der Waals surface area (Å²) in [6.07, 6.45) is 3.56. The maximum absolute atomic E-state index is 13.4. The molecule has 182 valence electrons. The number of methoxy groups -OCH3 is 1. The maximum Gasteiger partial charge on any atom is 0.203 e. The van der Waals surface area contributed by atoms with Crippen molar-refractivity contribution in [3.63, 3.8) is 0 Å². The minimum absolute atomic E-state index is 0.236. The fourth-order valence-corrected chi connectivity index (χ4v) is 5.02. The fourth-order valence-electron chi connectivity index (χ4n) is 4.35. The Hall–Kier alpha value is -4.56. The van der Waals surface area contributed by atoms with Crippen molar-refractivity contribution in [3.05, 3.63) is 108 Å². The molecule has 0 unspecified atom stereocenters. The molecule has 6 nitrogen and oxygen atoms in total. The Labute approximate surface area is 216 Å². The molecule has 0 saturated heterocycles. The third kappa shape index (κ3) is 4.66. The smallest absolute Gasteiger partial charge is 0.203 e. The lowest BCUT2D eigenvalue weighted by molar-refractivity contribution is 0.415. The van der Waals surface area contributed by atoms with E-state index in [1.54, 1.807) is 13.3 Å². The SMILES string of the molecule is COc1ccc(-c2csc(N/N=C/c3cc4c5ccccc5n(Cc5ccc(F)cc5)c4cn3)n2)cc1. The highest BCUT2D eigenvalue weighted by atomic mass is 32.1. The minimum Gasteiger partial charge on any atom is -0.497 e. The number of aromatic nitrogens is 3. The Morgan fingerprint density at radius 1 is 1.00 bits per heavy atom. The number of thiazole rings is 1. The first-order valence-electron chi connectivity index (χ1n) is 11.7. The number of fused-ring (bicyclic) bond motifs is 3. The molecule has 6 rings (SSSR count). The molecular formula is C29H22FN5OS. The first kappa shape index (κ1) is 22.9. The quantitative estimate of drug-likeness (QED) is 0.187. The second-order valence-electron chi connectivity index (χ2n) is 8.49. The van der Waals surface area contributed by atoms with Crippen molar-refractivity contribution in [2.75, 3.05) is 12.5 Å². The van der Waals surface area contributed by atoms with Crippen LogP contribution in [0.2, 0.25) is 0 Å². The lowest BCUT2D eigenvalue weighted by atomic mass is 10.2. The third-order valence-electron chi connectivity index (χ3n) is 6.18. The van der Waals surface area contributed by atoms with Crippen LogP contribution in [0.4, 0.5) is 9.52 Å². The number of halogens is 1. The van der Waals surface area contributed by atoms with Gasteiger partial charge in [0.15, 0.2) is 0 Å². The first-order chi connectivity index (χ1) is 18.2. The van der Waals surface area contributed by atoms with E-state index in [4.69, 9.17) is 4.74 Å². The van der Waals surface area contributed by atoms with Crippen molar-refractivity contribution in [1.29, 1.82) is 0 Å². The molecule has 0 aliphatic carbocycles. The van der Waals surface area contributed by atoms with Crippen LogP contribution < -0.4 is 10.2 Å². The molecule has 37 heavy (non-hydrogen) atoms. The van der Waals surface area contributed by atoms with Crippen LogP contribution in [0.5, 0.6) is 5.75 Å². The summed E-state index contributed by atoms with van der Waals surface area (Å²) in [5, 5.41) is 9.26. The molecule has 0 fully saturated rings. The summed E-state index contributed by atoms with van der Waals surface area (Å²) < 4.78 is 20.8. The molecule has 3 aromatic heterocycles. The summed E-state index contributed by atoms with van der Waals surface area (Å²) >= 11 is 1.48. The number of nitrogens with zero attached hydrogens (tertiary/aromatic N) is 4. The lowest BCUT2D eigenvalue weighted by Gasteiger charge is -2.07. The summed E-state index contributed by atoms with van der Waals surface area (Å²) in [5.41, 5.74) is 8.77. The van der Waals surface area contributed by atoms with Gasteiger partial charge in [-0.1, -0.05) is 30.3 Å². The number of benzene rings is 3. The number of hydrogen-bond donors (Lipinski definition) is 1. The highest BCUT2D eigenvalue weighted by Crippen LogP contribution is 2.30. The molecule has 3 heterocycles. The van der Waals surface area contributed by atoms with Gasteiger partial charge in [0.2, 0.25) is 5.13 Å². The Morgan fingerprint density at radius 2 is 1.81 bits per heavy atom. The van der Waals surface area contributed by atoms with Crippen molar-refractivity contribution in [2.45, 2.75) is 6.54 Å². The van der Waals surface area contributed by atoms with Gasteiger partial charge in [0.05, 0.1) is 36.4 Å². The molecule has 0 bridgehead atoms. The Kier molecular flexibility index (Phi) is 6.08. The highest BCUT2D eigenvalue weighted by Gasteiger charge is 2.12. The van der Waals surface area contributed by atoms with Crippen LogP contribution in [0, 0.1) is 5.82 Å². The van der Waals surface area contributed by atoms with E-state index in [1.165, 1.54) is 23.5 Å². The molecule has 8 heteroatoms. The van der Waals surface area contributed by atoms with Gasteiger partial charge in [0.25, 0.3) is 0 Å². The molecule has 0 radical (unpaired) electrons. The molecule has 0 saturated carbocycles. The van der Waals surface area contributed by atoms with E-state index in [0.29, 0.717) is 11.7 Å². The average molecular weight is 508 g/mol. The Bertz CT molecular complexity index is 1720. The zero-order valence-corrected chi connectivity index (χ0v) is 20.7. The predicted molar refractivity (Wildman–Crippen MR) is 148 cm³/mol. The zero-order chi connectivity index (χ0) is 25.2. The summed E-state index contributed by atoms with van der Waals surface area (Å²) in [6, 6.07) is 24.7. The molecule has 1 N–H and O–H groups in total. The van der Waals surface area contributed by atoms with Gasteiger partial charge < -0.3 is 9.30 Å². The van der Waals surface area contributed by atoms with Crippen molar-refractivity contribution in [2.24, 2.45) is 5.10 Å². The number of pyridine rings is 1. The molecule has 0 spiro atoms. The summed E-state index contributed by atoms with van der Waals surface area (Å²) in [6.45, 7) is 0.627. The van der Waals surface area contributed by atoms with Gasteiger partial charge in [0.1, 0.15) is 11.6 Å². The van der Waals surface area contributed by atoms with Crippen LogP contribution in [0.15, 0.2) is 95.5 Å². The molecule has 0 aliphatic heterocycles. The van der Waals surface area contributed by atoms with E-state index in [2.05, 4.69) is 37.2 Å². The van der Waals surface area contributed by atoms with Crippen LogP contribution in [-0.2, 0) is 6.54 Å². The lowest BCUT2D eigenvalue weighted by Crippen LogP contribution is -2.00. The van der Waals surface area contributed by atoms with Crippen molar-refractivity contribution < 1.29 is 9.13 Å². The minimum atomic E-state index is -0.236. The summed E-state index contributed by atoms with van der Waals surface area (Å²) in [4.78, 5) is 9.23. The molecule has 0 aliphatic rings. The van der Waals surface area contributed by atoms with Crippen molar-refractivity contribution in [1.82, 2.24) is 14.5 Å². The fraction of sp³-hybridized carbons (Fsp3) is 0.0690. The maximum atomic E-state index is 13.4. The van der Waals surface area contributed by atoms with E-state index in [9.17, 15) is 4.39 Å². The molecule has 0 amide bonds. The third-order valence-corrected chi connectivity index (χ3v) is 6.93. The summed E-state index contributed by atoms with van der Waals surface area (Å²) in [7, 11) is 1.65. The number of anilines is 1. The number of hydrazone groups is 1. The number of rotatable bonds is 7. The zero-order valence-electron chi connectivity index (χ0n) is 19.9. The first-order valence-corrected chi connectivity index (χ1v) is 12.6. The van der Waals surface area contributed by atoms with E-state index in [0.717, 1.165) is 50.1 Å². The van der Waals surface area contributed by atoms with Crippen LogP contribution in [-0.4, -0.2) is 27.9 Å². The van der Waals surface area contributed by atoms with Crippen LogP contribution in [0.3, 0.4) is 0 Å². The number of para-hydroxylation sites is 1. The van der Waals surface area contributed by atoms with Gasteiger partial charge in [-0.05, 0) is 54.1 Å². The summed E-state index contributed by atoms with van der Waals surface area (Å²) in [5.74, 6) is 0.574. The van der Waals surface area contributed by atoms with Crippen LogP contribution >= 0.6 is 11.3 Å². The number of hydrogen-bond acceptors (Lipinski definition) is 6. The normalized spacial score (nSPS) is 11.5. The molecular weight excluding hydrogens is 485 g/mol. The number of ether oxygens (including phenoxy) is 1. The van der Waals surface area contributed by atoms with Crippen LogP contribution in [0.1, 0.15) is 11.3 Å². The van der Waals surface area contributed by atoms with Crippen molar-refractivity contribution >= 4 is 44.5 Å². The number of nitrogens with one attached hydrogen (secondary N) is 1. The average Bonchev–Trinajstić information content (AvgIpc) is 3.53. The van der Waals surface area contributed by atoms with Gasteiger partial charge in [-0.3, -0.25) is 10.4 Å². The second-order valence-corrected chi connectivity index (χ2v) is 9.35. The Morgan fingerprint density at radius 3 is 2.62 bits per heavy atom. The monoisotopic (exact) mass is 507 g/mol.